The van der Waals surface area contributed by atoms with Gasteiger partial charge in [-0.2, -0.15) is 0 Å². The number of fused-ring (bicyclic) bond motifs is 1. The average molecular weight is 373 g/mol. The van der Waals surface area contributed by atoms with Crippen molar-refractivity contribution in [1.29, 1.82) is 0 Å². The Hall–Kier alpha value is -2.17. The van der Waals surface area contributed by atoms with Gasteiger partial charge in [0.15, 0.2) is 0 Å². The summed E-state index contributed by atoms with van der Waals surface area (Å²) in [7, 11) is 1.79. The Balaban J connectivity index is 2.07. The van der Waals surface area contributed by atoms with Gasteiger partial charge in [0.1, 0.15) is 5.82 Å². The average Bonchev–Trinajstić information content (AvgIpc) is 2.70. The SMILES string of the molecule is CCCC(CC)N1CCCc2cc(-c3ccc(NC)nc3)c(C(F)F)cc21. The summed E-state index contributed by atoms with van der Waals surface area (Å²) in [6.45, 7) is 5.32. The molecule has 0 aliphatic carbocycles. The van der Waals surface area contributed by atoms with E-state index in [1.54, 1.807) is 19.3 Å². The standard InChI is InChI=1S/C22H29F2N3/c1-4-7-17(5-2)27-11-6-8-15-12-18(19(22(23)24)13-20(15)27)16-9-10-21(25-3)26-14-16/h9-10,12-14,17,22H,4-8,11H2,1-3H3,(H,25,26). The largest absolute Gasteiger partial charge is 0.373 e. The number of aromatic nitrogens is 1. The number of nitrogens with one attached hydrogen (secondary N) is 1. The van der Waals surface area contributed by atoms with E-state index < -0.39 is 6.43 Å². The fourth-order valence-corrected chi connectivity index (χ4v) is 4.10. The van der Waals surface area contributed by atoms with Crippen LogP contribution in [0.25, 0.3) is 11.1 Å². The van der Waals surface area contributed by atoms with Gasteiger partial charge < -0.3 is 10.2 Å². The van der Waals surface area contributed by atoms with Crippen molar-refractivity contribution < 1.29 is 8.78 Å². The summed E-state index contributed by atoms with van der Waals surface area (Å²) in [5.74, 6) is 0.729. The Kier molecular flexibility index (Phi) is 6.30. The van der Waals surface area contributed by atoms with Gasteiger partial charge in [-0.15, -0.1) is 0 Å². The maximum absolute atomic E-state index is 13.9. The molecule has 1 unspecified atom stereocenters. The van der Waals surface area contributed by atoms with Crippen molar-refractivity contribution >= 4 is 11.5 Å². The summed E-state index contributed by atoms with van der Waals surface area (Å²) in [6.07, 6.45) is 4.40. The van der Waals surface area contributed by atoms with E-state index in [2.05, 4.69) is 29.0 Å². The monoisotopic (exact) mass is 373 g/mol. The van der Waals surface area contributed by atoms with Gasteiger partial charge in [-0.25, -0.2) is 13.8 Å². The summed E-state index contributed by atoms with van der Waals surface area (Å²) in [6, 6.07) is 7.81. The Morgan fingerprint density at radius 3 is 2.63 bits per heavy atom. The molecule has 0 saturated heterocycles. The van der Waals surface area contributed by atoms with E-state index in [-0.39, 0.29) is 5.56 Å². The van der Waals surface area contributed by atoms with Crippen LogP contribution in [0, 0.1) is 0 Å². The lowest BCUT2D eigenvalue weighted by molar-refractivity contribution is 0.152. The number of alkyl halides is 2. The van der Waals surface area contributed by atoms with Crippen LogP contribution < -0.4 is 10.2 Å². The number of hydrogen-bond donors (Lipinski definition) is 1. The first-order valence-electron chi connectivity index (χ1n) is 9.94. The van der Waals surface area contributed by atoms with Crippen molar-refractivity contribution in [2.45, 2.75) is 58.4 Å². The Morgan fingerprint density at radius 1 is 1.22 bits per heavy atom. The van der Waals surface area contributed by atoms with Crippen molar-refractivity contribution in [3.63, 3.8) is 0 Å². The molecule has 27 heavy (non-hydrogen) atoms. The molecule has 0 radical (unpaired) electrons. The minimum atomic E-state index is -2.51. The highest BCUT2D eigenvalue weighted by Crippen LogP contribution is 2.40. The molecule has 1 aromatic heterocycles. The first-order chi connectivity index (χ1) is 13.1. The zero-order valence-electron chi connectivity index (χ0n) is 16.4. The molecule has 5 heteroatoms. The fraction of sp³-hybridized carbons (Fsp3) is 0.500. The van der Waals surface area contributed by atoms with Gasteiger partial charge >= 0.3 is 0 Å². The van der Waals surface area contributed by atoms with E-state index in [1.165, 1.54) is 5.56 Å². The molecule has 0 saturated carbocycles. The summed E-state index contributed by atoms with van der Waals surface area (Å²) in [5, 5.41) is 2.96. The molecule has 0 spiro atoms. The van der Waals surface area contributed by atoms with Crippen LogP contribution in [0.3, 0.4) is 0 Å². The summed E-state index contributed by atoms with van der Waals surface area (Å²) in [4.78, 5) is 6.66. The predicted octanol–water partition coefficient (Wildman–Crippen LogP) is 6.06. The smallest absolute Gasteiger partial charge is 0.264 e. The van der Waals surface area contributed by atoms with Gasteiger partial charge in [-0.05, 0) is 61.1 Å². The first kappa shape index (κ1) is 19.6. The lowest BCUT2D eigenvalue weighted by Gasteiger charge is -2.38. The van der Waals surface area contributed by atoms with Crippen LogP contribution in [-0.4, -0.2) is 24.6 Å². The van der Waals surface area contributed by atoms with Crippen molar-refractivity contribution in [1.82, 2.24) is 4.98 Å². The second-order valence-corrected chi connectivity index (χ2v) is 7.20. The molecule has 2 aromatic rings. The highest BCUT2D eigenvalue weighted by Gasteiger charge is 2.26. The molecule has 3 nitrogen and oxygen atoms in total. The van der Waals surface area contributed by atoms with Crippen molar-refractivity contribution in [3.8, 4) is 11.1 Å². The second-order valence-electron chi connectivity index (χ2n) is 7.20. The van der Waals surface area contributed by atoms with Gasteiger partial charge in [0.05, 0.1) is 0 Å². The van der Waals surface area contributed by atoms with Crippen LogP contribution in [-0.2, 0) is 6.42 Å². The molecule has 146 valence electrons. The maximum Gasteiger partial charge on any atom is 0.264 e. The predicted molar refractivity (Wildman–Crippen MR) is 109 cm³/mol. The molecular weight excluding hydrogens is 344 g/mol. The molecular formula is C22H29F2N3. The van der Waals surface area contributed by atoms with E-state index in [4.69, 9.17) is 0 Å². The molecule has 3 rings (SSSR count). The van der Waals surface area contributed by atoms with Crippen LogP contribution in [0.4, 0.5) is 20.3 Å². The molecule has 0 fully saturated rings. The molecule has 1 N–H and O–H groups in total. The number of nitrogens with zero attached hydrogens (tertiary/aromatic N) is 2. The minimum absolute atomic E-state index is 0.103. The van der Waals surface area contributed by atoms with E-state index in [1.807, 2.05) is 18.2 Å². The number of benzene rings is 1. The number of aryl methyl sites for hydroxylation is 1. The third kappa shape index (κ3) is 4.07. The number of pyridine rings is 1. The van der Waals surface area contributed by atoms with Gasteiger partial charge in [0.25, 0.3) is 6.43 Å². The molecule has 2 heterocycles. The fourth-order valence-electron chi connectivity index (χ4n) is 4.10. The molecule has 0 bridgehead atoms. The van der Waals surface area contributed by atoms with Gasteiger partial charge in [0.2, 0.25) is 0 Å². The lowest BCUT2D eigenvalue weighted by atomic mass is 9.91. The zero-order chi connectivity index (χ0) is 19.4. The molecule has 1 aliphatic rings. The van der Waals surface area contributed by atoms with Gasteiger partial charge in [-0.1, -0.05) is 20.3 Å². The first-order valence-corrected chi connectivity index (χ1v) is 9.94. The van der Waals surface area contributed by atoms with E-state index >= 15 is 0 Å². The van der Waals surface area contributed by atoms with E-state index in [0.29, 0.717) is 11.6 Å². The highest BCUT2D eigenvalue weighted by atomic mass is 19.3. The van der Waals surface area contributed by atoms with Crippen LogP contribution in [0.5, 0.6) is 0 Å². The number of hydrogen-bond acceptors (Lipinski definition) is 3. The van der Waals surface area contributed by atoms with Crippen LogP contribution in [0.1, 0.15) is 57.1 Å². The quantitative estimate of drug-likeness (QED) is 0.639. The third-order valence-corrected chi connectivity index (χ3v) is 5.51. The molecule has 1 aliphatic heterocycles. The molecule has 1 aromatic carbocycles. The van der Waals surface area contributed by atoms with Crippen LogP contribution in [0.15, 0.2) is 30.5 Å². The van der Waals surface area contributed by atoms with E-state index in [0.717, 1.165) is 55.7 Å². The number of halogens is 2. The van der Waals surface area contributed by atoms with Gasteiger partial charge in [-0.3, -0.25) is 0 Å². The van der Waals surface area contributed by atoms with E-state index in [9.17, 15) is 8.78 Å². The molecule has 0 amide bonds. The third-order valence-electron chi connectivity index (χ3n) is 5.51. The summed E-state index contributed by atoms with van der Waals surface area (Å²) < 4.78 is 27.9. The normalized spacial score (nSPS) is 15.0. The van der Waals surface area contributed by atoms with Crippen LogP contribution >= 0.6 is 0 Å². The molecule has 1 atom stereocenters. The van der Waals surface area contributed by atoms with Crippen molar-refractivity contribution in [2.75, 3.05) is 23.8 Å². The zero-order valence-corrected chi connectivity index (χ0v) is 16.4. The van der Waals surface area contributed by atoms with Crippen molar-refractivity contribution in [2.24, 2.45) is 0 Å². The number of rotatable bonds is 7. The Labute approximate surface area is 160 Å². The summed E-state index contributed by atoms with van der Waals surface area (Å²) >= 11 is 0. The topological polar surface area (TPSA) is 28.2 Å². The minimum Gasteiger partial charge on any atom is -0.373 e. The summed E-state index contributed by atoms with van der Waals surface area (Å²) in [5.41, 5.74) is 3.62. The van der Waals surface area contributed by atoms with Crippen molar-refractivity contribution in [3.05, 3.63) is 41.6 Å². The number of anilines is 2. The Bertz CT molecular complexity index is 759. The Morgan fingerprint density at radius 2 is 2.04 bits per heavy atom. The highest BCUT2D eigenvalue weighted by molar-refractivity contribution is 5.74. The second kappa shape index (κ2) is 8.68. The maximum atomic E-state index is 13.9. The lowest BCUT2D eigenvalue weighted by Crippen LogP contribution is -2.38. The van der Waals surface area contributed by atoms with Crippen LogP contribution in [0.2, 0.25) is 0 Å². The van der Waals surface area contributed by atoms with Gasteiger partial charge in [0, 0.05) is 42.6 Å².